The second kappa shape index (κ2) is 10.5. The molecular weight excluding hydrogens is 407 g/mol. The van der Waals surface area contributed by atoms with Gasteiger partial charge in [0, 0.05) is 11.4 Å². The molecule has 1 aromatic carbocycles. The van der Waals surface area contributed by atoms with Crippen LogP contribution in [0, 0.1) is 11.7 Å². The highest BCUT2D eigenvalue weighted by Gasteiger charge is 2.26. The van der Waals surface area contributed by atoms with Gasteiger partial charge in [0.25, 0.3) is 5.91 Å². The van der Waals surface area contributed by atoms with E-state index in [1.165, 1.54) is 29.9 Å². The van der Waals surface area contributed by atoms with Gasteiger partial charge >= 0.3 is 5.97 Å². The number of benzene rings is 1. The van der Waals surface area contributed by atoms with Crippen molar-refractivity contribution < 1.29 is 23.5 Å². The molecule has 0 radical (unpaired) electrons. The van der Waals surface area contributed by atoms with E-state index in [2.05, 4.69) is 17.2 Å². The van der Waals surface area contributed by atoms with Crippen LogP contribution in [0.25, 0.3) is 0 Å². The lowest BCUT2D eigenvalue weighted by Gasteiger charge is -2.30. The molecule has 3 atom stereocenters. The van der Waals surface area contributed by atoms with Crippen molar-refractivity contribution in [3.8, 4) is 5.75 Å². The van der Waals surface area contributed by atoms with Crippen molar-refractivity contribution in [2.24, 2.45) is 5.92 Å². The largest absolute Gasteiger partial charge is 0.486 e. The third-order valence-corrected chi connectivity index (χ3v) is 6.09. The number of hydrogen-bond donors (Lipinski definition) is 1. The molecule has 3 rings (SSSR count). The zero-order valence-corrected chi connectivity index (χ0v) is 18.0. The Hall–Kier alpha value is -2.48. The van der Waals surface area contributed by atoms with Crippen molar-refractivity contribution >= 4 is 23.2 Å². The molecule has 0 saturated heterocycles. The number of nitrogens with zero attached hydrogens (tertiary/aromatic N) is 1. The highest BCUT2D eigenvalue weighted by molar-refractivity contribution is 7.09. The monoisotopic (exact) mass is 434 g/mol. The number of hydrogen-bond acceptors (Lipinski definition) is 6. The maximum Gasteiger partial charge on any atom is 0.312 e. The summed E-state index contributed by atoms with van der Waals surface area (Å²) in [7, 11) is 0. The average Bonchev–Trinajstić information content (AvgIpc) is 3.16. The van der Waals surface area contributed by atoms with Gasteiger partial charge in [0.1, 0.15) is 23.2 Å². The Balaban J connectivity index is 1.43. The fraction of sp³-hybridized carbons (Fsp3) is 0.500. The molecule has 0 spiro atoms. The second-order valence-corrected chi connectivity index (χ2v) is 8.60. The first-order valence-electron chi connectivity index (χ1n) is 10.2. The number of carbonyl (C=O) groups is 2. The molecular formula is C22H27FN2O4S. The summed E-state index contributed by atoms with van der Waals surface area (Å²) in [6.45, 7) is 3.95. The minimum absolute atomic E-state index is 0.00943. The quantitative estimate of drug-likeness (QED) is 0.635. The molecule has 162 valence electrons. The van der Waals surface area contributed by atoms with E-state index in [0.717, 1.165) is 19.3 Å². The number of aromatic nitrogens is 1. The van der Waals surface area contributed by atoms with E-state index in [1.54, 1.807) is 24.4 Å². The molecule has 0 bridgehead atoms. The van der Waals surface area contributed by atoms with Crippen LogP contribution in [0.5, 0.6) is 5.75 Å². The van der Waals surface area contributed by atoms with Crippen molar-refractivity contribution in [2.45, 2.75) is 64.7 Å². The molecule has 1 N–H and O–H groups in total. The minimum Gasteiger partial charge on any atom is -0.486 e. The fourth-order valence-electron chi connectivity index (χ4n) is 3.44. The third kappa shape index (κ3) is 6.52. The molecule has 8 heteroatoms. The molecule has 6 nitrogen and oxygen atoms in total. The molecule has 1 heterocycles. The van der Waals surface area contributed by atoms with Crippen LogP contribution in [-0.4, -0.2) is 29.0 Å². The zero-order chi connectivity index (χ0) is 21.5. The Bertz CT molecular complexity index is 855. The van der Waals surface area contributed by atoms with Crippen molar-refractivity contribution in [3.05, 3.63) is 46.2 Å². The van der Waals surface area contributed by atoms with Gasteiger partial charge in [-0.15, -0.1) is 11.3 Å². The maximum absolute atomic E-state index is 12.9. The molecule has 1 aliphatic carbocycles. The summed E-state index contributed by atoms with van der Waals surface area (Å²) in [5.41, 5.74) is 0.566. The number of carbonyl (C=O) groups excluding carboxylic acids is 2. The van der Waals surface area contributed by atoms with E-state index in [0.29, 0.717) is 22.4 Å². The van der Waals surface area contributed by atoms with Gasteiger partial charge in [-0.1, -0.05) is 19.8 Å². The lowest BCUT2D eigenvalue weighted by atomic mass is 9.86. The third-order valence-electron chi connectivity index (χ3n) is 5.22. The van der Waals surface area contributed by atoms with E-state index < -0.39 is 12.1 Å². The van der Waals surface area contributed by atoms with Crippen molar-refractivity contribution in [1.29, 1.82) is 0 Å². The Morgan fingerprint density at radius 3 is 2.73 bits per heavy atom. The van der Waals surface area contributed by atoms with Gasteiger partial charge in [0.2, 0.25) is 0 Å². The molecule has 2 aromatic rings. The second-order valence-electron chi connectivity index (χ2n) is 7.66. The van der Waals surface area contributed by atoms with E-state index in [9.17, 15) is 14.0 Å². The zero-order valence-electron chi connectivity index (χ0n) is 17.2. The van der Waals surface area contributed by atoms with Crippen LogP contribution in [0.3, 0.4) is 0 Å². The summed E-state index contributed by atoms with van der Waals surface area (Å²) < 4.78 is 23.8. The van der Waals surface area contributed by atoms with Gasteiger partial charge < -0.3 is 14.8 Å². The van der Waals surface area contributed by atoms with Gasteiger partial charge in [-0.3, -0.25) is 9.59 Å². The van der Waals surface area contributed by atoms with Crippen LogP contribution in [0.15, 0.2) is 29.6 Å². The molecule has 1 fully saturated rings. The van der Waals surface area contributed by atoms with Crippen molar-refractivity contribution in [2.75, 3.05) is 0 Å². The van der Waals surface area contributed by atoms with E-state index >= 15 is 0 Å². The standard InChI is InChI=1S/C22H27FN2O4S/c1-14-5-3-4-6-19(14)25-22(27)15(2)29-21(26)11-17-13-30-20(24-17)12-28-18-9-7-16(23)8-10-18/h7-10,13-15,19H,3-6,11-12H2,1-2H3,(H,25,27). The Morgan fingerprint density at radius 1 is 1.27 bits per heavy atom. The molecule has 1 amide bonds. The Labute approximate surface area is 179 Å². The summed E-state index contributed by atoms with van der Waals surface area (Å²) >= 11 is 1.37. The molecule has 3 unspecified atom stereocenters. The normalized spacial score (nSPS) is 19.7. The highest BCUT2D eigenvalue weighted by Crippen LogP contribution is 2.24. The van der Waals surface area contributed by atoms with Gasteiger partial charge in [-0.25, -0.2) is 9.37 Å². The molecule has 1 saturated carbocycles. The van der Waals surface area contributed by atoms with Gasteiger partial charge in [0.15, 0.2) is 6.10 Å². The smallest absolute Gasteiger partial charge is 0.312 e. The summed E-state index contributed by atoms with van der Waals surface area (Å²) in [6.07, 6.45) is 3.53. The number of esters is 1. The Kier molecular flexibility index (Phi) is 7.79. The molecule has 30 heavy (non-hydrogen) atoms. The number of nitrogens with one attached hydrogen (secondary N) is 1. The van der Waals surface area contributed by atoms with Crippen LogP contribution in [0.1, 0.15) is 50.2 Å². The van der Waals surface area contributed by atoms with Crippen molar-refractivity contribution in [3.63, 3.8) is 0 Å². The van der Waals surface area contributed by atoms with Crippen LogP contribution in [0.4, 0.5) is 4.39 Å². The summed E-state index contributed by atoms with van der Waals surface area (Å²) in [6, 6.07) is 5.88. The van der Waals surface area contributed by atoms with E-state index in [1.807, 2.05) is 0 Å². The topological polar surface area (TPSA) is 77.5 Å². The average molecular weight is 435 g/mol. The SMILES string of the molecule is CC(OC(=O)Cc1csc(COc2ccc(F)cc2)n1)C(=O)NC1CCCCC1C. The number of amides is 1. The first-order chi connectivity index (χ1) is 14.4. The Morgan fingerprint density at radius 2 is 2.00 bits per heavy atom. The minimum atomic E-state index is -0.841. The van der Waals surface area contributed by atoms with Gasteiger partial charge in [-0.05, 0) is 49.9 Å². The van der Waals surface area contributed by atoms with Crippen LogP contribution in [0.2, 0.25) is 0 Å². The van der Waals surface area contributed by atoms with E-state index in [-0.39, 0.29) is 30.8 Å². The first-order valence-corrected chi connectivity index (χ1v) is 11.1. The first kappa shape index (κ1) is 22.2. The maximum atomic E-state index is 12.9. The number of halogens is 1. The van der Waals surface area contributed by atoms with Gasteiger partial charge in [-0.2, -0.15) is 0 Å². The van der Waals surface area contributed by atoms with Crippen LogP contribution in [-0.2, 0) is 27.4 Å². The lowest BCUT2D eigenvalue weighted by molar-refractivity contribution is -0.154. The lowest BCUT2D eigenvalue weighted by Crippen LogP contribution is -2.46. The molecule has 1 aliphatic rings. The number of thiazole rings is 1. The van der Waals surface area contributed by atoms with Gasteiger partial charge in [0.05, 0.1) is 12.1 Å². The summed E-state index contributed by atoms with van der Waals surface area (Å²) in [4.78, 5) is 28.9. The van der Waals surface area contributed by atoms with E-state index in [4.69, 9.17) is 9.47 Å². The fourth-order valence-corrected chi connectivity index (χ4v) is 4.15. The predicted molar refractivity (Wildman–Crippen MR) is 112 cm³/mol. The van der Waals surface area contributed by atoms with Crippen LogP contribution >= 0.6 is 11.3 Å². The van der Waals surface area contributed by atoms with Crippen LogP contribution < -0.4 is 10.1 Å². The molecule has 0 aliphatic heterocycles. The summed E-state index contributed by atoms with van der Waals surface area (Å²) in [5.74, 6) is -0.0937. The predicted octanol–water partition coefficient (Wildman–Crippen LogP) is 4.03. The van der Waals surface area contributed by atoms with Crippen molar-refractivity contribution in [1.82, 2.24) is 10.3 Å². The molecule has 1 aromatic heterocycles. The number of ether oxygens (including phenoxy) is 2. The number of rotatable bonds is 8. The summed E-state index contributed by atoms with van der Waals surface area (Å²) in [5, 5.41) is 5.46. The highest BCUT2D eigenvalue weighted by atomic mass is 32.1.